The number of hydrogen-bond donors (Lipinski definition) is 6. The first-order valence-corrected chi connectivity index (χ1v) is 14.4. The summed E-state index contributed by atoms with van der Waals surface area (Å²) in [5, 5.41) is 26.8. The Balaban J connectivity index is 1.71. The molecule has 2 atom stereocenters. The van der Waals surface area contributed by atoms with E-state index < -0.39 is 23.1 Å². The minimum atomic E-state index is -1.58. The van der Waals surface area contributed by atoms with Crippen molar-refractivity contribution in [2.45, 2.75) is 64.6 Å². The Morgan fingerprint density at radius 3 is 2.21 bits per heavy atom. The van der Waals surface area contributed by atoms with Crippen LogP contribution in [0.25, 0.3) is 36.5 Å². The Hall–Kier alpha value is -4.76. The minimum absolute atomic E-state index is 0.0510. The van der Waals surface area contributed by atoms with Crippen LogP contribution in [-0.2, 0) is 20.7 Å². The summed E-state index contributed by atoms with van der Waals surface area (Å²) < 4.78 is 5.95. The highest BCUT2D eigenvalue weighted by atomic mass is 16.6. The second kappa shape index (κ2) is 9.91. The third-order valence-electron chi connectivity index (χ3n) is 9.32. The maximum absolute atomic E-state index is 12.6. The first-order valence-electron chi connectivity index (χ1n) is 14.4. The molecule has 6 rings (SSSR count). The molecular formula is C34H36N4O5. The van der Waals surface area contributed by atoms with Crippen LogP contribution < -0.4 is 16.0 Å². The van der Waals surface area contributed by atoms with E-state index in [4.69, 9.17) is 4.74 Å². The van der Waals surface area contributed by atoms with Crippen molar-refractivity contribution in [2.24, 2.45) is 0 Å². The van der Waals surface area contributed by atoms with Crippen LogP contribution in [0.4, 0.5) is 0 Å². The van der Waals surface area contributed by atoms with E-state index in [-0.39, 0.29) is 19.3 Å². The largest absolute Gasteiger partial charge is 0.481 e. The van der Waals surface area contributed by atoms with Gasteiger partial charge in [-0.25, -0.2) is 0 Å². The van der Waals surface area contributed by atoms with Gasteiger partial charge in [-0.2, -0.15) is 0 Å². The number of fused-ring (bicyclic) bond motifs is 9. The molecule has 0 radical (unpaired) electrons. The van der Waals surface area contributed by atoms with E-state index in [9.17, 15) is 19.8 Å². The van der Waals surface area contributed by atoms with Gasteiger partial charge in [0.25, 0.3) is 0 Å². The lowest BCUT2D eigenvalue weighted by atomic mass is 9.80. The van der Waals surface area contributed by atoms with E-state index in [2.05, 4.69) is 33.4 Å². The van der Waals surface area contributed by atoms with Crippen molar-refractivity contribution in [3.63, 3.8) is 0 Å². The Bertz CT molecular complexity index is 1930. The van der Waals surface area contributed by atoms with Gasteiger partial charge in [0.2, 0.25) is 0 Å². The zero-order valence-electron chi connectivity index (χ0n) is 24.8. The van der Waals surface area contributed by atoms with Crippen molar-refractivity contribution in [3.8, 4) is 0 Å². The second-order valence-electron chi connectivity index (χ2n) is 11.7. The molecular weight excluding hydrogens is 544 g/mol. The third-order valence-corrected chi connectivity index (χ3v) is 9.32. The lowest BCUT2D eigenvalue weighted by Gasteiger charge is -2.34. The summed E-state index contributed by atoms with van der Waals surface area (Å²) in [6.45, 7) is 15.8. The van der Waals surface area contributed by atoms with Gasteiger partial charge in [-0.05, 0) is 80.7 Å². The lowest BCUT2D eigenvalue weighted by molar-refractivity contribution is -0.158. The quantitative estimate of drug-likeness (QED) is 0.254. The molecule has 2 saturated heterocycles. The molecule has 0 saturated carbocycles. The number of carboxylic acids is 1. The zero-order chi connectivity index (χ0) is 30.8. The molecule has 0 aromatic carbocycles. The number of hydrogen-bond acceptors (Lipinski definition) is 5. The predicted molar refractivity (Wildman–Crippen MR) is 167 cm³/mol. The molecule has 6 heterocycles. The van der Waals surface area contributed by atoms with Gasteiger partial charge in [-0.15, -0.1) is 0 Å². The van der Waals surface area contributed by atoms with E-state index >= 15 is 0 Å². The molecule has 3 aliphatic heterocycles. The van der Waals surface area contributed by atoms with Gasteiger partial charge in [0.15, 0.2) is 5.60 Å². The van der Waals surface area contributed by atoms with Crippen LogP contribution in [0, 0.1) is 20.8 Å². The number of aromatic amines is 3. The summed E-state index contributed by atoms with van der Waals surface area (Å²) in [5.41, 5.74) is 6.78. The smallest absolute Gasteiger partial charge is 0.307 e. The predicted octanol–water partition coefficient (Wildman–Crippen LogP) is 3.68. The number of aliphatic carboxylic acids is 1. The molecule has 9 nitrogen and oxygen atoms in total. The number of aliphatic hydroxyl groups is 1. The first kappa shape index (κ1) is 28.4. The number of nitrogens with one attached hydrogen (secondary N) is 4. The highest BCUT2D eigenvalue weighted by molar-refractivity contribution is 5.79. The number of ether oxygens (including phenoxy) is 1. The number of rotatable bonds is 5. The Morgan fingerprint density at radius 2 is 1.56 bits per heavy atom. The van der Waals surface area contributed by atoms with Crippen molar-refractivity contribution in [3.05, 3.63) is 91.4 Å². The standard InChI is InChI=1S/C34H36N4O5/c1-7-20-17(3)23-13-24-19(5)22(9-10-31(39)40)28(37-24)16-30-34(12-11-32(41)43-34)33(6,42)29(38-30)15-27-21(8-2)18(4)25(36-27)14-26(20)35-23/h7-8,13-16,35-38,42H,1-2,9-12H2,3-6H3,(H,39,40)/b23-13+,26-14-,29-15-,30-16-/t33-,34+/m0/s1. The van der Waals surface area contributed by atoms with Crippen molar-refractivity contribution in [1.82, 2.24) is 20.3 Å². The van der Waals surface area contributed by atoms with Crippen molar-refractivity contribution >= 4 is 48.4 Å². The van der Waals surface area contributed by atoms with Crippen LogP contribution in [0.3, 0.4) is 0 Å². The molecule has 0 amide bonds. The van der Waals surface area contributed by atoms with Crippen LogP contribution in [0.15, 0.2) is 24.6 Å². The minimum Gasteiger partial charge on any atom is -0.481 e. The highest BCUT2D eigenvalue weighted by Gasteiger charge is 2.63. The number of carbonyl (C=O) groups is 2. The normalized spacial score (nSPS) is 26.3. The van der Waals surface area contributed by atoms with E-state index in [1.807, 2.05) is 51.2 Å². The van der Waals surface area contributed by atoms with Crippen LogP contribution in [0.2, 0.25) is 0 Å². The lowest BCUT2D eigenvalue weighted by Crippen LogP contribution is -2.49. The van der Waals surface area contributed by atoms with E-state index in [1.165, 1.54) is 0 Å². The van der Waals surface area contributed by atoms with Crippen molar-refractivity contribution in [1.29, 1.82) is 0 Å². The molecule has 9 heteroatoms. The molecule has 0 unspecified atom stereocenters. The monoisotopic (exact) mass is 580 g/mol. The Kier molecular flexibility index (Phi) is 6.54. The molecule has 3 aromatic rings. The average Bonchev–Trinajstić information content (AvgIpc) is 3.69. The average molecular weight is 581 g/mol. The SMILES string of the molecule is C=Cc1c2[nH]c(c1C)/C=c1\[nH]/c(c(C)c1C=C)=C/c1[nH]c(c(CCC(=O)O)c1C)/C=C1\N/C(=C\2)[C@](C)(O)[C@@]12CCC(=O)O2. The maximum Gasteiger partial charge on any atom is 0.307 e. The summed E-state index contributed by atoms with van der Waals surface area (Å²) in [6, 6.07) is 0. The fourth-order valence-electron chi connectivity index (χ4n) is 6.71. The molecule has 6 N–H and O–H groups in total. The summed E-state index contributed by atoms with van der Waals surface area (Å²) in [7, 11) is 0. The van der Waals surface area contributed by atoms with Gasteiger partial charge in [0, 0.05) is 63.9 Å². The summed E-state index contributed by atoms with van der Waals surface area (Å²) in [6.07, 6.45) is 12.0. The fraction of sp³-hybridized carbons (Fsp3) is 0.294. The zero-order valence-corrected chi connectivity index (χ0v) is 24.8. The highest BCUT2D eigenvalue weighted by Crippen LogP contribution is 2.50. The topological polar surface area (TPSA) is 143 Å². The van der Waals surface area contributed by atoms with Gasteiger partial charge in [-0.1, -0.05) is 25.3 Å². The van der Waals surface area contributed by atoms with E-state index in [0.717, 1.165) is 61.2 Å². The van der Waals surface area contributed by atoms with Gasteiger partial charge < -0.3 is 35.2 Å². The van der Waals surface area contributed by atoms with Gasteiger partial charge in [0.05, 0.1) is 11.4 Å². The molecule has 3 aliphatic rings. The molecule has 3 aromatic heterocycles. The summed E-state index contributed by atoms with van der Waals surface area (Å²) >= 11 is 0. The molecule has 0 aliphatic carbocycles. The molecule has 8 bridgehead atoms. The van der Waals surface area contributed by atoms with E-state index in [0.29, 0.717) is 23.5 Å². The summed E-state index contributed by atoms with van der Waals surface area (Å²) in [4.78, 5) is 34.7. The van der Waals surface area contributed by atoms with E-state index in [1.54, 1.807) is 13.0 Å². The maximum atomic E-state index is 12.6. The van der Waals surface area contributed by atoms with Crippen LogP contribution >= 0.6 is 0 Å². The Labute approximate surface area is 249 Å². The van der Waals surface area contributed by atoms with Crippen molar-refractivity contribution < 1.29 is 24.5 Å². The number of carbonyl (C=O) groups excluding carboxylic acids is 1. The number of H-pyrrole nitrogens is 3. The first-order chi connectivity index (χ1) is 20.4. The Morgan fingerprint density at radius 1 is 0.907 bits per heavy atom. The molecule has 43 heavy (non-hydrogen) atoms. The van der Waals surface area contributed by atoms with Crippen molar-refractivity contribution in [2.75, 3.05) is 0 Å². The van der Waals surface area contributed by atoms with Gasteiger partial charge in [0.1, 0.15) is 5.60 Å². The van der Waals surface area contributed by atoms with Crippen LogP contribution in [0.5, 0.6) is 0 Å². The van der Waals surface area contributed by atoms with Crippen LogP contribution in [0.1, 0.15) is 82.3 Å². The van der Waals surface area contributed by atoms with Gasteiger partial charge >= 0.3 is 11.9 Å². The molecule has 2 fully saturated rings. The number of aromatic nitrogens is 3. The second-order valence-corrected chi connectivity index (χ2v) is 11.7. The van der Waals surface area contributed by atoms with Crippen LogP contribution in [-0.4, -0.2) is 48.3 Å². The molecule has 1 spiro atoms. The fourth-order valence-corrected chi connectivity index (χ4v) is 6.71. The number of carboxylic acid groups (broad SMARTS) is 1. The summed E-state index contributed by atoms with van der Waals surface area (Å²) in [5.74, 6) is -1.29. The third kappa shape index (κ3) is 4.26. The van der Waals surface area contributed by atoms with Gasteiger partial charge in [-0.3, -0.25) is 9.59 Å². The molecule has 222 valence electrons. The number of esters is 1.